The van der Waals surface area contributed by atoms with E-state index >= 15 is 0 Å². The molecule has 1 aromatic carbocycles. The highest BCUT2D eigenvalue weighted by atomic mass is 16.4. The van der Waals surface area contributed by atoms with Crippen LogP contribution < -0.4 is 0 Å². The lowest BCUT2D eigenvalue weighted by Crippen LogP contribution is -1.95. The number of H-pyrrole nitrogens is 1. The summed E-state index contributed by atoms with van der Waals surface area (Å²) in [5.41, 5.74) is 1.73. The standard InChI is InChI=1S/C16H12N2O5/c1-6-3-8-12(10-5-11(16(20)21)18-17-10)14-9(4-7(2)22-14)13(19)15(8)23-6/h3-5,19H,1-2H3,(H,17,18)(H,20,21). The number of nitrogens with one attached hydrogen (secondary N) is 1. The van der Waals surface area contributed by atoms with Crippen molar-refractivity contribution in [3.8, 4) is 17.0 Å². The summed E-state index contributed by atoms with van der Waals surface area (Å²) in [6, 6.07) is 4.89. The maximum Gasteiger partial charge on any atom is 0.353 e. The number of hydrogen-bond acceptors (Lipinski definition) is 5. The topological polar surface area (TPSA) is 112 Å². The van der Waals surface area contributed by atoms with Gasteiger partial charge >= 0.3 is 5.97 Å². The van der Waals surface area contributed by atoms with Crippen LogP contribution >= 0.6 is 0 Å². The number of phenolic OH excluding ortho intramolecular Hbond substituents is 1. The molecular formula is C16H12N2O5. The van der Waals surface area contributed by atoms with Crippen LogP contribution in [0.3, 0.4) is 0 Å². The van der Waals surface area contributed by atoms with Gasteiger partial charge in [0.25, 0.3) is 0 Å². The Morgan fingerprint density at radius 3 is 2.39 bits per heavy atom. The van der Waals surface area contributed by atoms with Crippen molar-refractivity contribution in [2.24, 2.45) is 0 Å². The normalized spacial score (nSPS) is 11.6. The molecule has 0 unspecified atom stereocenters. The second kappa shape index (κ2) is 4.39. The lowest BCUT2D eigenvalue weighted by molar-refractivity contribution is 0.0690. The largest absolute Gasteiger partial charge is 0.504 e. The van der Waals surface area contributed by atoms with Gasteiger partial charge in [-0.1, -0.05) is 0 Å². The average Bonchev–Trinajstić information content (AvgIpc) is 3.17. The summed E-state index contributed by atoms with van der Waals surface area (Å²) in [7, 11) is 0. The molecule has 3 heterocycles. The molecule has 0 spiro atoms. The fourth-order valence-corrected chi connectivity index (χ4v) is 2.81. The molecule has 23 heavy (non-hydrogen) atoms. The molecule has 7 nitrogen and oxygen atoms in total. The summed E-state index contributed by atoms with van der Waals surface area (Å²) in [6.07, 6.45) is 0. The van der Waals surface area contributed by atoms with Crippen LogP contribution in [0.15, 0.2) is 27.0 Å². The van der Waals surface area contributed by atoms with Crippen molar-refractivity contribution >= 4 is 27.9 Å². The number of benzene rings is 1. The Hall–Kier alpha value is -3.22. The van der Waals surface area contributed by atoms with Gasteiger partial charge in [0.2, 0.25) is 0 Å². The minimum absolute atomic E-state index is 0.00214. The number of fused-ring (bicyclic) bond motifs is 2. The van der Waals surface area contributed by atoms with Gasteiger partial charge in [-0.3, -0.25) is 5.10 Å². The molecule has 0 atom stereocenters. The molecule has 4 aromatic rings. The summed E-state index contributed by atoms with van der Waals surface area (Å²) in [5.74, 6) is 0.136. The van der Waals surface area contributed by atoms with Crippen molar-refractivity contribution in [3.63, 3.8) is 0 Å². The number of nitrogens with zero attached hydrogens (tertiary/aromatic N) is 1. The maximum atomic E-state index is 11.1. The quantitative estimate of drug-likeness (QED) is 0.521. The summed E-state index contributed by atoms with van der Waals surface area (Å²) < 4.78 is 11.3. The number of carboxylic acids is 1. The van der Waals surface area contributed by atoms with Gasteiger partial charge in [-0.05, 0) is 32.0 Å². The first-order valence-corrected chi connectivity index (χ1v) is 6.90. The first-order valence-electron chi connectivity index (χ1n) is 6.90. The lowest BCUT2D eigenvalue weighted by atomic mass is 10.0. The van der Waals surface area contributed by atoms with E-state index in [0.29, 0.717) is 44.7 Å². The predicted molar refractivity (Wildman–Crippen MR) is 81.7 cm³/mol. The van der Waals surface area contributed by atoms with E-state index in [0.717, 1.165) is 0 Å². The van der Waals surface area contributed by atoms with Gasteiger partial charge in [0, 0.05) is 5.39 Å². The second-order valence-electron chi connectivity index (χ2n) is 5.40. The highest BCUT2D eigenvalue weighted by Gasteiger charge is 2.23. The number of carboxylic acid groups (broad SMARTS) is 1. The maximum absolute atomic E-state index is 11.1. The van der Waals surface area contributed by atoms with Crippen LogP contribution in [0.2, 0.25) is 0 Å². The van der Waals surface area contributed by atoms with E-state index in [2.05, 4.69) is 10.2 Å². The molecule has 7 heteroatoms. The van der Waals surface area contributed by atoms with E-state index in [9.17, 15) is 9.90 Å². The zero-order valence-electron chi connectivity index (χ0n) is 12.3. The number of aromatic amines is 1. The number of phenols is 1. The van der Waals surface area contributed by atoms with E-state index in [-0.39, 0.29) is 11.4 Å². The van der Waals surface area contributed by atoms with Crippen LogP contribution in [0.1, 0.15) is 22.0 Å². The zero-order chi connectivity index (χ0) is 16.3. The third kappa shape index (κ3) is 1.83. The molecule has 0 aliphatic carbocycles. The monoisotopic (exact) mass is 312 g/mol. The molecule has 116 valence electrons. The minimum atomic E-state index is -1.10. The Bertz CT molecular complexity index is 1030. The summed E-state index contributed by atoms with van der Waals surface area (Å²) in [4.78, 5) is 11.1. The van der Waals surface area contributed by atoms with Crippen molar-refractivity contribution in [2.45, 2.75) is 13.8 Å². The third-order valence-electron chi connectivity index (χ3n) is 3.74. The highest BCUT2D eigenvalue weighted by Crippen LogP contribution is 2.44. The fourth-order valence-electron chi connectivity index (χ4n) is 2.81. The van der Waals surface area contributed by atoms with Gasteiger partial charge in [0.15, 0.2) is 11.3 Å². The number of furan rings is 2. The van der Waals surface area contributed by atoms with Gasteiger partial charge in [-0.15, -0.1) is 0 Å². The van der Waals surface area contributed by atoms with Crippen LogP contribution in [0.4, 0.5) is 0 Å². The van der Waals surface area contributed by atoms with E-state index in [1.165, 1.54) is 6.07 Å². The van der Waals surface area contributed by atoms with Crippen molar-refractivity contribution < 1.29 is 23.8 Å². The van der Waals surface area contributed by atoms with Crippen molar-refractivity contribution in [2.75, 3.05) is 0 Å². The minimum Gasteiger partial charge on any atom is -0.504 e. The molecule has 0 aliphatic heterocycles. The van der Waals surface area contributed by atoms with E-state index in [4.69, 9.17) is 13.9 Å². The van der Waals surface area contributed by atoms with Gasteiger partial charge in [-0.25, -0.2) is 4.79 Å². The van der Waals surface area contributed by atoms with Gasteiger partial charge in [0.1, 0.15) is 22.8 Å². The molecule has 0 bridgehead atoms. The van der Waals surface area contributed by atoms with Gasteiger partial charge < -0.3 is 19.0 Å². The highest BCUT2D eigenvalue weighted by molar-refractivity contribution is 6.13. The molecule has 0 saturated carbocycles. The van der Waals surface area contributed by atoms with Crippen LogP contribution in [0.25, 0.3) is 33.2 Å². The lowest BCUT2D eigenvalue weighted by Gasteiger charge is -2.03. The number of aromatic hydroxyl groups is 1. The van der Waals surface area contributed by atoms with Gasteiger partial charge in [-0.2, -0.15) is 5.10 Å². The first kappa shape index (κ1) is 13.4. The summed E-state index contributed by atoms with van der Waals surface area (Å²) in [6.45, 7) is 3.53. The zero-order valence-corrected chi connectivity index (χ0v) is 12.3. The number of hydrogen-bond donors (Lipinski definition) is 3. The van der Waals surface area contributed by atoms with Crippen LogP contribution in [-0.4, -0.2) is 26.4 Å². The Kier molecular flexibility index (Phi) is 2.57. The molecule has 0 radical (unpaired) electrons. The fraction of sp³-hybridized carbons (Fsp3) is 0.125. The molecule has 3 aromatic heterocycles. The van der Waals surface area contributed by atoms with Crippen LogP contribution in [0, 0.1) is 13.8 Å². The number of aryl methyl sites for hydroxylation is 2. The number of aromatic nitrogens is 2. The predicted octanol–water partition coefficient (Wildman–Crippen LogP) is 3.59. The van der Waals surface area contributed by atoms with Crippen LogP contribution in [0.5, 0.6) is 5.75 Å². The Morgan fingerprint density at radius 2 is 1.74 bits per heavy atom. The first-order chi connectivity index (χ1) is 11.0. The Morgan fingerprint density at radius 1 is 1.09 bits per heavy atom. The molecular weight excluding hydrogens is 300 g/mol. The number of rotatable bonds is 2. The number of carbonyl (C=O) groups is 1. The van der Waals surface area contributed by atoms with Crippen molar-refractivity contribution in [3.05, 3.63) is 35.4 Å². The van der Waals surface area contributed by atoms with Crippen molar-refractivity contribution in [1.82, 2.24) is 10.2 Å². The molecule has 3 N–H and O–H groups in total. The summed E-state index contributed by atoms with van der Waals surface area (Å²) >= 11 is 0. The average molecular weight is 312 g/mol. The molecule has 0 saturated heterocycles. The third-order valence-corrected chi connectivity index (χ3v) is 3.74. The second-order valence-corrected chi connectivity index (χ2v) is 5.40. The molecule has 0 aliphatic rings. The van der Waals surface area contributed by atoms with Gasteiger partial charge in [0.05, 0.1) is 16.6 Å². The molecule has 0 fully saturated rings. The summed E-state index contributed by atoms with van der Waals surface area (Å²) in [5, 5.41) is 27.2. The SMILES string of the molecule is Cc1cc2c(-c3cc(C(=O)O)[nH]n3)c3oc(C)cc3c(O)c2o1. The van der Waals surface area contributed by atoms with E-state index in [1.54, 1.807) is 26.0 Å². The number of aromatic carboxylic acids is 1. The van der Waals surface area contributed by atoms with Crippen LogP contribution in [-0.2, 0) is 0 Å². The Balaban J connectivity index is 2.16. The molecule has 0 amide bonds. The van der Waals surface area contributed by atoms with E-state index in [1.807, 2.05) is 0 Å². The smallest absolute Gasteiger partial charge is 0.353 e. The van der Waals surface area contributed by atoms with Crippen molar-refractivity contribution in [1.29, 1.82) is 0 Å². The van der Waals surface area contributed by atoms with E-state index < -0.39 is 5.97 Å². The Labute approximate surface area is 129 Å². The molecule has 4 rings (SSSR count).